The van der Waals surface area contributed by atoms with Gasteiger partial charge in [0.15, 0.2) is 0 Å². The molecule has 78 valence electrons. The lowest BCUT2D eigenvalue weighted by atomic mass is 9.79. The van der Waals surface area contributed by atoms with Gasteiger partial charge in [0.2, 0.25) is 0 Å². The van der Waals surface area contributed by atoms with E-state index in [1.165, 1.54) is 25.7 Å². The van der Waals surface area contributed by atoms with Gasteiger partial charge in [-0.3, -0.25) is 0 Å². The van der Waals surface area contributed by atoms with E-state index >= 15 is 0 Å². The fraction of sp³-hybridized carbons (Fsp3) is 1.00. The average molecular weight is 185 g/mol. The van der Waals surface area contributed by atoms with Gasteiger partial charge in [-0.25, -0.2) is 0 Å². The molecule has 1 N–H and O–H groups in total. The Morgan fingerprint density at radius 2 is 2.15 bits per heavy atom. The molecule has 1 aliphatic rings. The summed E-state index contributed by atoms with van der Waals surface area (Å²) in [7, 11) is 0. The summed E-state index contributed by atoms with van der Waals surface area (Å²) in [6.07, 6.45) is 5.33. The number of hydroxylamine groups is 1. The molecule has 2 atom stereocenters. The van der Waals surface area contributed by atoms with E-state index in [1.807, 2.05) is 6.92 Å². The second-order valence-electron chi connectivity index (χ2n) is 4.42. The maximum atomic E-state index is 5.25. The minimum absolute atomic E-state index is 0.598. The molecule has 0 amide bonds. The normalized spacial score (nSPS) is 29.5. The summed E-state index contributed by atoms with van der Waals surface area (Å²) in [6, 6.07) is 0.598. The second kappa shape index (κ2) is 5.61. The van der Waals surface area contributed by atoms with Crippen molar-refractivity contribution in [3.8, 4) is 0 Å². The summed E-state index contributed by atoms with van der Waals surface area (Å²) in [6.45, 7) is 7.44. The molecule has 0 radical (unpaired) electrons. The monoisotopic (exact) mass is 185 g/mol. The van der Waals surface area contributed by atoms with Crippen LogP contribution in [0.3, 0.4) is 0 Å². The SMILES string of the molecule is CCONC1CCCC(C(C)C)C1. The van der Waals surface area contributed by atoms with Crippen LogP contribution in [0.2, 0.25) is 0 Å². The minimum atomic E-state index is 0.598. The highest BCUT2D eigenvalue weighted by molar-refractivity contribution is 4.77. The third kappa shape index (κ3) is 3.65. The molecular formula is C11H23NO. The second-order valence-corrected chi connectivity index (χ2v) is 4.42. The first-order chi connectivity index (χ1) is 6.24. The van der Waals surface area contributed by atoms with E-state index in [2.05, 4.69) is 19.3 Å². The van der Waals surface area contributed by atoms with Crippen LogP contribution in [-0.2, 0) is 4.84 Å². The van der Waals surface area contributed by atoms with Crippen LogP contribution >= 0.6 is 0 Å². The fourth-order valence-electron chi connectivity index (χ4n) is 2.14. The van der Waals surface area contributed by atoms with E-state index in [4.69, 9.17) is 4.84 Å². The molecule has 2 unspecified atom stereocenters. The summed E-state index contributed by atoms with van der Waals surface area (Å²) in [5.41, 5.74) is 3.16. The average Bonchev–Trinajstić information content (AvgIpc) is 2.15. The van der Waals surface area contributed by atoms with Crippen LogP contribution in [0.1, 0.15) is 46.5 Å². The first-order valence-electron chi connectivity index (χ1n) is 5.61. The molecule has 0 aromatic carbocycles. The fourth-order valence-corrected chi connectivity index (χ4v) is 2.14. The molecule has 1 rings (SSSR count). The zero-order valence-electron chi connectivity index (χ0n) is 9.18. The smallest absolute Gasteiger partial charge is 0.0654 e. The first-order valence-corrected chi connectivity index (χ1v) is 5.61. The van der Waals surface area contributed by atoms with Gasteiger partial charge < -0.3 is 4.84 Å². The Bertz CT molecular complexity index is 136. The predicted molar refractivity (Wildman–Crippen MR) is 55.3 cm³/mol. The van der Waals surface area contributed by atoms with Crippen molar-refractivity contribution in [3.63, 3.8) is 0 Å². The van der Waals surface area contributed by atoms with Gasteiger partial charge in [0, 0.05) is 6.04 Å². The van der Waals surface area contributed by atoms with Gasteiger partial charge in [0.05, 0.1) is 6.61 Å². The molecule has 13 heavy (non-hydrogen) atoms. The van der Waals surface area contributed by atoms with Crippen molar-refractivity contribution in [1.29, 1.82) is 0 Å². The maximum absolute atomic E-state index is 5.25. The molecular weight excluding hydrogens is 162 g/mol. The Morgan fingerprint density at radius 1 is 1.38 bits per heavy atom. The number of hydrogen-bond acceptors (Lipinski definition) is 2. The van der Waals surface area contributed by atoms with Crippen molar-refractivity contribution in [2.75, 3.05) is 6.61 Å². The van der Waals surface area contributed by atoms with Gasteiger partial charge >= 0.3 is 0 Å². The first kappa shape index (κ1) is 11.0. The van der Waals surface area contributed by atoms with Gasteiger partial charge in [-0.05, 0) is 31.6 Å². The lowest BCUT2D eigenvalue weighted by Gasteiger charge is -2.31. The highest BCUT2D eigenvalue weighted by Gasteiger charge is 2.23. The van der Waals surface area contributed by atoms with Crippen LogP contribution < -0.4 is 5.48 Å². The molecule has 1 fully saturated rings. The molecule has 1 saturated carbocycles. The molecule has 0 bridgehead atoms. The molecule has 2 nitrogen and oxygen atoms in total. The Balaban J connectivity index is 2.25. The van der Waals surface area contributed by atoms with E-state index in [0.29, 0.717) is 6.04 Å². The zero-order chi connectivity index (χ0) is 9.68. The van der Waals surface area contributed by atoms with E-state index in [-0.39, 0.29) is 0 Å². The van der Waals surface area contributed by atoms with Gasteiger partial charge in [-0.15, -0.1) is 0 Å². The molecule has 0 heterocycles. The topological polar surface area (TPSA) is 21.3 Å². The quantitative estimate of drug-likeness (QED) is 0.680. The molecule has 1 aliphatic carbocycles. The van der Waals surface area contributed by atoms with Crippen molar-refractivity contribution in [3.05, 3.63) is 0 Å². The van der Waals surface area contributed by atoms with Gasteiger partial charge in [0.25, 0.3) is 0 Å². The van der Waals surface area contributed by atoms with Gasteiger partial charge in [0.1, 0.15) is 0 Å². The van der Waals surface area contributed by atoms with Crippen LogP contribution in [-0.4, -0.2) is 12.6 Å². The highest BCUT2D eigenvalue weighted by atomic mass is 16.6. The molecule has 0 spiro atoms. The van der Waals surface area contributed by atoms with E-state index in [0.717, 1.165) is 18.4 Å². The van der Waals surface area contributed by atoms with Crippen LogP contribution in [0.15, 0.2) is 0 Å². The van der Waals surface area contributed by atoms with Crippen LogP contribution in [0, 0.1) is 11.8 Å². The van der Waals surface area contributed by atoms with Gasteiger partial charge in [-0.2, -0.15) is 5.48 Å². The van der Waals surface area contributed by atoms with Crippen molar-refractivity contribution >= 4 is 0 Å². The summed E-state index contributed by atoms with van der Waals surface area (Å²) in [4.78, 5) is 5.25. The maximum Gasteiger partial charge on any atom is 0.0654 e. The molecule has 0 aliphatic heterocycles. The minimum Gasteiger partial charge on any atom is -0.302 e. The summed E-state index contributed by atoms with van der Waals surface area (Å²) in [5, 5.41) is 0. The summed E-state index contributed by atoms with van der Waals surface area (Å²) >= 11 is 0. The highest BCUT2D eigenvalue weighted by Crippen LogP contribution is 2.29. The largest absolute Gasteiger partial charge is 0.302 e. The summed E-state index contributed by atoms with van der Waals surface area (Å²) in [5.74, 6) is 1.72. The standard InChI is InChI=1S/C11H23NO/c1-4-13-12-11-7-5-6-10(8-11)9(2)3/h9-12H,4-8H2,1-3H3. The van der Waals surface area contributed by atoms with Crippen LogP contribution in [0.5, 0.6) is 0 Å². The molecule has 0 saturated heterocycles. The van der Waals surface area contributed by atoms with E-state index in [1.54, 1.807) is 0 Å². The number of rotatable bonds is 4. The Kier molecular flexibility index (Phi) is 4.74. The predicted octanol–water partition coefficient (Wildman–Crippen LogP) is 2.74. The van der Waals surface area contributed by atoms with Crippen LogP contribution in [0.4, 0.5) is 0 Å². The molecule has 2 heteroatoms. The third-order valence-corrected chi connectivity index (χ3v) is 3.05. The van der Waals surface area contributed by atoms with Crippen molar-refractivity contribution in [2.24, 2.45) is 11.8 Å². The molecule has 0 aromatic rings. The van der Waals surface area contributed by atoms with Crippen molar-refractivity contribution in [2.45, 2.75) is 52.5 Å². The van der Waals surface area contributed by atoms with Crippen molar-refractivity contribution < 1.29 is 4.84 Å². The Hall–Kier alpha value is -0.0800. The third-order valence-electron chi connectivity index (χ3n) is 3.05. The summed E-state index contributed by atoms with van der Waals surface area (Å²) < 4.78 is 0. The number of nitrogens with one attached hydrogen (secondary N) is 1. The van der Waals surface area contributed by atoms with Crippen molar-refractivity contribution in [1.82, 2.24) is 5.48 Å². The van der Waals surface area contributed by atoms with Gasteiger partial charge in [-0.1, -0.05) is 26.7 Å². The lowest BCUT2D eigenvalue weighted by molar-refractivity contribution is 0.00577. The van der Waals surface area contributed by atoms with E-state index < -0.39 is 0 Å². The lowest BCUT2D eigenvalue weighted by Crippen LogP contribution is -2.35. The molecule has 0 aromatic heterocycles. The number of hydrogen-bond donors (Lipinski definition) is 1. The zero-order valence-corrected chi connectivity index (χ0v) is 9.18. The Labute approximate surface area is 82.0 Å². The Morgan fingerprint density at radius 3 is 2.77 bits per heavy atom. The van der Waals surface area contributed by atoms with E-state index in [9.17, 15) is 0 Å². The van der Waals surface area contributed by atoms with Crippen LogP contribution in [0.25, 0.3) is 0 Å².